The fourth-order valence-corrected chi connectivity index (χ4v) is 6.81. The number of carbonyl (C=O) groups excluding carboxylic acids is 1. The standard InChI is InChI=1S/C39H81N2O6P/c1-6-8-9-10-11-12-13-14-15-16-17-18-19-20-21-22-23-24-25-26-27-28-29-30-31-33-38(42)37(40-39(43)32-7-2)36-47-48(44,45)46-35-34-41(3,4)5/h37-38,42H,6-36H2,1-5H3,(H-,40,43,44,45). The van der Waals surface area contributed by atoms with Gasteiger partial charge < -0.3 is 28.8 Å². The summed E-state index contributed by atoms with van der Waals surface area (Å²) in [6, 6.07) is -0.789. The van der Waals surface area contributed by atoms with Crippen LogP contribution in [0.1, 0.15) is 194 Å². The Bertz CT molecular complexity index is 763. The largest absolute Gasteiger partial charge is 0.756 e. The Morgan fingerprint density at radius 3 is 1.38 bits per heavy atom. The molecule has 0 heterocycles. The monoisotopic (exact) mass is 705 g/mol. The van der Waals surface area contributed by atoms with Crippen molar-refractivity contribution in [1.82, 2.24) is 5.32 Å². The first-order valence-corrected chi connectivity index (χ1v) is 21.8. The normalized spacial score (nSPS) is 14.6. The lowest BCUT2D eigenvalue weighted by Crippen LogP contribution is -2.46. The summed E-state index contributed by atoms with van der Waals surface area (Å²) in [4.78, 5) is 24.4. The second-order valence-electron chi connectivity index (χ2n) is 15.4. The van der Waals surface area contributed by atoms with Crippen LogP contribution < -0.4 is 10.2 Å². The molecule has 0 aromatic carbocycles. The van der Waals surface area contributed by atoms with Crippen molar-refractivity contribution in [1.29, 1.82) is 0 Å². The van der Waals surface area contributed by atoms with E-state index < -0.39 is 20.0 Å². The number of carbonyl (C=O) groups is 1. The summed E-state index contributed by atoms with van der Waals surface area (Å²) < 4.78 is 22.8. The summed E-state index contributed by atoms with van der Waals surface area (Å²) in [5, 5.41) is 13.5. The first-order chi connectivity index (χ1) is 23.0. The van der Waals surface area contributed by atoms with Gasteiger partial charge in [-0.05, 0) is 12.8 Å². The van der Waals surface area contributed by atoms with Gasteiger partial charge in [0.25, 0.3) is 7.82 Å². The van der Waals surface area contributed by atoms with Gasteiger partial charge >= 0.3 is 0 Å². The van der Waals surface area contributed by atoms with E-state index >= 15 is 0 Å². The van der Waals surface area contributed by atoms with E-state index in [1.54, 1.807) is 0 Å². The van der Waals surface area contributed by atoms with Crippen molar-refractivity contribution in [2.24, 2.45) is 0 Å². The molecular formula is C39H81N2O6P. The molecule has 48 heavy (non-hydrogen) atoms. The minimum absolute atomic E-state index is 0.0132. The van der Waals surface area contributed by atoms with E-state index in [9.17, 15) is 19.4 Å². The Kier molecular flexibility index (Phi) is 32.1. The van der Waals surface area contributed by atoms with Crippen molar-refractivity contribution < 1.29 is 32.9 Å². The van der Waals surface area contributed by atoms with E-state index in [2.05, 4.69) is 12.2 Å². The molecule has 0 bridgehead atoms. The molecule has 8 nitrogen and oxygen atoms in total. The fourth-order valence-electron chi connectivity index (χ4n) is 6.08. The molecule has 0 rings (SSSR count). The number of aliphatic hydroxyl groups excluding tert-OH is 1. The van der Waals surface area contributed by atoms with E-state index in [1.165, 1.54) is 141 Å². The third kappa shape index (κ3) is 34.0. The summed E-state index contributed by atoms with van der Waals surface area (Å²) in [6.07, 6.45) is 34.2. The molecule has 2 N–H and O–H groups in total. The van der Waals surface area contributed by atoms with Crippen LogP contribution in [-0.2, 0) is 18.4 Å². The number of aliphatic hydroxyl groups is 1. The number of phosphoric ester groups is 1. The molecule has 0 saturated carbocycles. The average Bonchev–Trinajstić information content (AvgIpc) is 3.02. The number of nitrogens with zero attached hydrogens (tertiary/aromatic N) is 1. The average molecular weight is 705 g/mol. The quantitative estimate of drug-likeness (QED) is 0.0379. The van der Waals surface area contributed by atoms with Crippen molar-refractivity contribution in [3.63, 3.8) is 0 Å². The highest BCUT2D eigenvalue weighted by molar-refractivity contribution is 7.45. The number of phosphoric acid groups is 1. The number of likely N-dealkylation sites (N-methyl/N-ethyl adjacent to an activating group) is 1. The molecule has 288 valence electrons. The Morgan fingerprint density at radius 1 is 0.646 bits per heavy atom. The zero-order valence-electron chi connectivity index (χ0n) is 32.5. The van der Waals surface area contributed by atoms with Gasteiger partial charge in [-0.2, -0.15) is 0 Å². The van der Waals surface area contributed by atoms with E-state index in [0.29, 0.717) is 30.3 Å². The molecule has 0 aliphatic rings. The third-order valence-corrected chi connectivity index (χ3v) is 10.3. The maximum Gasteiger partial charge on any atom is 0.268 e. The number of amides is 1. The van der Waals surface area contributed by atoms with Crippen molar-refractivity contribution in [2.75, 3.05) is 40.9 Å². The number of unbranched alkanes of at least 4 members (excludes halogenated alkanes) is 24. The van der Waals surface area contributed by atoms with Gasteiger partial charge in [0, 0.05) is 6.42 Å². The summed E-state index contributed by atoms with van der Waals surface area (Å²) in [7, 11) is 1.30. The molecule has 0 saturated heterocycles. The zero-order chi connectivity index (χ0) is 35.8. The summed E-state index contributed by atoms with van der Waals surface area (Å²) in [5.41, 5.74) is 0. The van der Waals surface area contributed by atoms with Crippen LogP contribution in [0.15, 0.2) is 0 Å². The van der Waals surface area contributed by atoms with E-state index in [4.69, 9.17) is 9.05 Å². The fraction of sp³-hybridized carbons (Fsp3) is 0.974. The molecule has 0 radical (unpaired) electrons. The van der Waals surface area contributed by atoms with Crippen molar-refractivity contribution in [3.8, 4) is 0 Å². The molecule has 1 amide bonds. The molecule has 9 heteroatoms. The second-order valence-corrected chi connectivity index (χ2v) is 16.8. The van der Waals surface area contributed by atoms with Crippen LogP contribution in [0.5, 0.6) is 0 Å². The van der Waals surface area contributed by atoms with Crippen LogP contribution in [0.2, 0.25) is 0 Å². The van der Waals surface area contributed by atoms with E-state index in [1.807, 2.05) is 28.1 Å². The first kappa shape index (κ1) is 47.5. The van der Waals surface area contributed by atoms with Crippen LogP contribution in [0.25, 0.3) is 0 Å². The second kappa shape index (κ2) is 32.4. The topological polar surface area (TPSA) is 108 Å². The molecule has 0 aromatic rings. The Balaban J connectivity index is 3.77. The molecule has 0 aliphatic carbocycles. The Morgan fingerprint density at radius 2 is 1.02 bits per heavy atom. The molecule has 0 spiro atoms. The summed E-state index contributed by atoms with van der Waals surface area (Å²) >= 11 is 0. The van der Waals surface area contributed by atoms with E-state index in [0.717, 1.165) is 19.3 Å². The Hall–Kier alpha value is -0.500. The molecule has 3 atom stereocenters. The summed E-state index contributed by atoms with van der Waals surface area (Å²) in [5.74, 6) is -0.216. The maximum absolute atomic E-state index is 12.2. The van der Waals surface area contributed by atoms with Gasteiger partial charge in [-0.3, -0.25) is 9.36 Å². The predicted molar refractivity (Wildman–Crippen MR) is 201 cm³/mol. The SMILES string of the molecule is CCCCCCCCCCCCCCCCCCCCCCCCCCCC(O)C(COP(=O)([O-])OCC[N+](C)(C)C)NC(=O)CCC. The lowest BCUT2D eigenvalue weighted by molar-refractivity contribution is -0.870. The highest BCUT2D eigenvalue weighted by atomic mass is 31.2. The highest BCUT2D eigenvalue weighted by Gasteiger charge is 2.24. The lowest BCUT2D eigenvalue weighted by Gasteiger charge is -2.30. The third-order valence-electron chi connectivity index (χ3n) is 9.32. The Labute approximate surface area is 298 Å². The molecular weight excluding hydrogens is 623 g/mol. The van der Waals surface area contributed by atoms with Crippen molar-refractivity contribution in [3.05, 3.63) is 0 Å². The number of hydrogen-bond acceptors (Lipinski definition) is 6. The number of nitrogens with one attached hydrogen (secondary N) is 1. The van der Waals surface area contributed by atoms with Gasteiger partial charge in [-0.1, -0.05) is 174 Å². The zero-order valence-corrected chi connectivity index (χ0v) is 33.4. The van der Waals surface area contributed by atoms with Crippen LogP contribution >= 0.6 is 7.82 Å². The highest BCUT2D eigenvalue weighted by Crippen LogP contribution is 2.38. The van der Waals surface area contributed by atoms with Gasteiger partial charge in [0.2, 0.25) is 5.91 Å². The van der Waals surface area contributed by atoms with Gasteiger partial charge in [0.1, 0.15) is 13.2 Å². The number of quaternary nitrogens is 1. The van der Waals surface area contributed by atoms with Crippen molar-refractivity contribution in [2.45, 2.75) is 206 Å². The van der Waals surface area contributed by atoms with Gasteiger partial charge in [-0.25, -0.2) is 0 Å². The predicted octanol–water partition coefficient (Wildman–Crippen LogP) is 10.0. The van der Waals surface area contributed by atoms with E-state index in [-0.39, 0.29) is 19.1 Å². The molecule has 0 aliphatic heterocycles. The first-order valence-electron chi connectivity index (χ1n) is 20.4. The molecule has 3 unspecified atom stereocenters. The summed E-state index contributed by atoms with van der Waals surface area (Å²) in [6.45, 7) is 4.38. The lowest BCUT2D eigenvalue weighted by atomic mass is 10.0. The number of rotatable bonds is 37. The molecule has 0 aromatic heterocycles. The van der Waals surface area contributed by atoms with Crippen LogP contribution in [0, 0.1) is 0 Å². The van der Waals surface area contributed by atoms with Gasteiger partial charge in [-0.15, -0.1) is 0 Å². The maximum atomic E-state index is 12.2. The minimum atomic E-state index is -4.53. The van der Waals surface area contributed by atoms with Crippen LogP contribution in [-0.4, -0.2) is 68.5 Å². The van der Waals surface area contributed by atoms with Crippen LogP contribution in [0.3, 0.4) is 0 Å². The smallest absolute Gasteiger partial charge is 0.268 e. The van der Waals surface area contributed by atoms with Crippen LogP contribution in [0.4, 0.5) is 0 Å². The van der Waals surface area contributed by atoms with Gasteiger partial charge in [0.15, 0.2) is 0 Å². The number of hydrogen-bond donors (Lipinski definition) is 2. The van der Waals surface area contributed by atoms with Crippen molar-refractivity contribution >= 4 is 13.7 Å². The van der Waals surface area contributed by atoms with Gasteiger partial charge in [0.05, 0.1) is 39.9 Å². The minimum Gasteiger partial charge on any atom is -0.756 e. The molecule has 0 fully saturated rings.